The van der Waals surface area contributed by atoms with E-state index in [1.165, 1.54) is 11.3 Å². The molecule has 4 rings (SSSR count). The second kappa shape index (κ2) is 10.8. The van der Waals surface area contributed by atoms with Crippen molar-refractivity contribution in [2.75, 3.05) is 31.1 Å². The molecule has 0 spiro atoms. The van der Waals surface area contributed by atoms with Crippen molar-refractivity contribution in [3.05, 3.63) is 48.2 Å². The van der Waals surface area contributed by atoms with Gasteiger partial charge in [0.15, 0.2) is 5.96 Å². The van der Waals surface area contributed by atoms with Gasteiger partial charge in [-0.25, -0.2) is 4.98 Å². The summed E-state index contributed by atoms with van der Waals surface area (Å²) in [5, 5.41) is 11.3. The topological polar surface area (TPSA) is 74.8 Å². The van der Waals surface area contributed by atoms with Gasteiger partial charge in [-0.05, 0) is 38.3 Å². The van der Waals surface area contributed by atoms with Gasteiger partial charge in [0.25, 0.3) is 0 Å². The smallest absolute Gasteiger partial charge is 0.191 e. The maximum atomic E-state index is 4.81. The highest BCUT2D eigenvalue weighted by atomic mass is 127. The number of anilines is 1. The van der Waals surface area contributed by atoms with Crippen LogP contribution >= 0.6 is 24.0 Å². The molecule has 0 aliphatic carbocycles. The zero-order valence-corrected chi connectivity index (χ0v) is 20.9. The summed E-state index contributed by atoms with van der Waals surface area (Å²) in [6.07, 6.45) is 11.3. The zero-order chi connectivity index (χ0) is 20.9. The second-order valence-electron chi connectivity index (χ2n) is 7.97. The van der Waals surface area contributed by atoms with Crippen molar-refractivity contribution in [3.8, 4) is 0 Å². The van der Waals surface area contributed by atoms with Crippen LogP contribution in [0.3, 0.4) is 0 Å². The van der Waals surface area contributed by atoms with Gasteiger partial charge in [0.05, 0.1) is 17.6 Å². The molecule has 1 aliphatic rings. The van der Waals surface area contributed by atoms with Gasteiger partial charge in [0.1, 0.15) is 5.65 Å². The molecule has 0 amide bonds. The minimum atomic E-state index is 0. The number of guanidine groups is 1. The summed E-state index contributed by atoms with van der Waals surface area (Å²) in [6, 6.07) is 4.52. The van der Waals surface area contributed by atoms with Crippen LogP contribution in [0.15, 0.2) is 41.9 Å². The Bertz CT molecular complexity index is 1010. The van der Waals surface area contributed by atoms with Crippen LogP contribution in [0.1, 0.15) is 31.0 Å². The van der Waals surface area contributed by atoms with E-state index >= 15 is 0 Å². The summed E-state index contributed by atoms with van der Waals surface area (Å²) < 4.78 is 3.95. The number of aryl methyl sites for hydroxylation is 2. The lowest BCUT2D eigenvalue weighted by Gasteiger charge is -2.34. The van der Waals surface area contributed by atoms with Gasteiger partial charge in [-0.2, -0.15) is 5.10 Å². The minimum absolute atomic E-state index is 0. The van der Waals surface area contributed by atoms with Gasteiger partial charge >= 0.3 is 0 Å². The largest absolute Gasteiger partial charge is 0.367 e. The summed E-state index contributed by atoms with van der Waals surface area (Å²) >= 11 is 0. The van der Waals surface area contributed by atoms with Crippen LogP contribution in [0.4, 0.5) is 5.69 Å². The summed E-state index contributed by atoms with van der Waals surface area (Å²) in [5.41, 5.74) is 4.48. The van der Waals surface area contributed by atoms with Gasteiger partial charge in [-0.1, -0.05) is 6.07 Å². The van der Waals surface area contributed by atoms with E-state index in [1.54, 1.807) is 0 Å². The number of pyridine rings is 1. The number of aliphatic imine (C=N–C) groups is 1. The Morgan fingerprint density at radius 2 is 2.19 bits per heavy atom. The Balaban J connectivity index is 0.00000272. The highest BCUT2D eigenvalue weighted by Crippen LogP contribution is 2.19. The van der Waals surface area contributed by atoms with Crippen LogP contribution in [0.5, 0.6) is 0 Å². The SMILES string of the molecule is CCNC(=NCCc1cn2cccc(C)c2n1)NC1CCCN(c2cnn(C)c2)C1.I. The molecule has 1 unspecified atom stereocenters. The van der Waals surface area contributed by atoms with Crippen molar-refractivity contribution in [2.45, 2.75) is 39.2 Å². The molecule has 0 bridgehead atoms. The molecule has 0 aromatic carbocycles. The van der Waals surface area contributed by atoms with Crippen molar-refractivity contribution in [1.29, 1.82) is 0 Å². The molecule has 1 saturated heterocycles. The van der Waals surface area contributed by atoms with E-state index in [9.17, 15) is 0 Å². The lowest BCUT2D eigenvalue weighted by atomic mass is 10.1. The number of piperidine rings is 1. The molecule has 1 fully saturated rings. The zero-order valence-electron chi connectivity index (χ0n) is 18.6. The number of rotatable bonds is 6. The first-order valence-corrected chi connectivity index (χ1v) is 10.8. The summed E-state index contributed by atoms with van der Waals surface area (Å²) in [5.74, 6) is 0.885. The molecule has 8 nitrogen and oxygen atoms in total. The Morgan fingerprint density at radius 3 is 2.94 bits per heavy atom. The number of nitrogens with one attached hydrogen (secondary N) is 2. The molecule has 0 saturated carbocycles. The molecule has 3 aromatic rings. The average Bonchev–Trinajstić information content (AvgIpc) is 3.35. The first-order valence-electron chi connectivity index (χ1n) is 10.8. The number of halogens is 1. The average molecular weight is 536 g/mol. The lowest BCUT2D eigenvalue weighted by Crippen LogP contribution is -2.51. The quantitative estimate of drug-likeness (QED) is 0.288. The number of hydrogen-bond donors (Lipinski definition) is 2. The van der Waals surface area contributed by atoms with Crippen molar-refractivity contribution < 1.29 is 0 Å². The number of hydrogen-bond acceptors (Lipinski definition) is 4. The fraction of sp³-hybridized carbons (Fsp3) is 0.500. The normalized spacial score (nSPS) is 16.9. The molecule has 31 heavy (non-hydrogen) atoms. The molecular weight excluding hydrogens is 503 g/mol. The standard InChI is InChI=1S/C22H32N8.HI/c1-4-23-22(24-10-9-19-15-30-12-5-7-17(2)21(30)26-19)27-18-8-6-11-29(14-18)20-13-25-28(3)16-20;/h5,7,12-13,15-16,18H,4,6,8-11,14H2,1-3H3,(H2,23,24,27);1H. The third kappa shape index (κ3) is 5.90. The second-order valence-corrected chi connectivity index (χ2v) is 7.97. The Hall–Kier alpha value is -2.30. The maximum Gasteiger partial charge on any atom is 0.191 e. The molecule has 1 atom stereocenters. The number of imidazole rings is 1. The fourth-order valence-corrected chi connectivity index (χ4v) is 4.02. The van der Waals surface area contributed by atoms with Gasteiger partial charge in [-0.3, -0.25) is 9.67 Å². The maximum absolute atomic E-state index is 4.81. The predicted molar refractivity (Wildman–Crippen MR) is 137 cm³/mol. The Morgan fingerprint density at radius 1 is 1.32 bits per heavy atom. The van der Waals surface area contributed by atoms with E-state index in [0.717, 1.165) is 56.2 Å². The molecular formula is C22H33IN8. The molecule has 9 heteroatoms. The van der Waals surface area contributed by atoms with Crippen molar-refractivity contribution in [2.24, 2.45) is 12.0 Å². The molecule has 2 N–H and O–H groups in total. The Kier molecular flexibility index (Phi) is 8.16. The Labute approximate surface area is 201 Å². The van der Waals surface area contributed by atoms with Crippen LogP contribution in [0, 0.1) is 6.92 Å². The number of aromatic nitrogens is 4. The minimum Gasteiger partial charge on any atom is -0.367 e. The van der Waals surface area contributed by atoms with E-state index in [4.69, 9.17) is 9.98 Å². The molecule has 0 radical (unpaired) electrons. The summed E-state index contributed by atoms with van der Waals surface area (Å²) in [7, 11) is 1.96. The first-order chi connectivity index (χ1) is 14.6. The summed E-state index contributed by atoms with van der Waals surface area (Å²) in [4.78, 5) is 12.0. The van der Waals surface area contributed by atoms with Crippen LogP contribution in [0.25, 0.3) is 5.65 Å². The van der Waals surface area contributed by atoms with Gasteiger partial charge in [-0.15, -0.1) is 24.0 Å². The van der Waals surface area contributed by atoms with E-state index in [2.05, 4.69) is 63.4 Å². The van der Waals surface area contributed by atoms with Crippen LogP contribution < -0.4 is 15.5 Å². The monoisotopic (exact) mass is 536 g/mol. The van der Waals surface area contributed by atoms with Crippen molar-refractivity contribution in [1.82, 2.24) is 29.8 Å². The van der Waals surface area contributed by atoms with Crippen LogP contribution in [0.2, 0.25) is 0 Å². The first kappa shape index (κ1) is 23.4. The van der Waals surface area contributed by atoms with Gasteiger partial charge in [0.2, 0.25) is 0 Å². The lowest BCUT2D eigenvalue weighted by molar-refractivity contribution is 0.468. The van der Waals surface area contributed by atoms with E-state index in [0.29, 0.717) is 12.6 Å². The number of nitrogens with zero attached hydrogens (tertiary/aromatic N) is 6. The molecule has 168 valence electrons. The van der Waals surface area contributed by atoms with E-state index in [1.807, 2.05) is 24.1 Å². The van der Waals surface area contributed by atoms with E-state index < -0.39 is 0 Å². The third-order valence-electron chi connectivity index (χ3n) is 5.53. The van der Waals surface area contributed by atoms with Crippen molar-refractivity contribution in [3.63, 3.8) is 0 Å². The highest BCUT2D eigenvalue weighted by Gasteiger charge is 2.21. The molecule has 4 heterocycles. The van der Waals surface area contributed by atoms with Gasteiger partial charge in [0, 0.05) is 64.3 Å². The molecule has 3 aromatic heterocycles. The number of fused-ring (bicyclic) bond motifs is 1. The van der Waals surface area contributed by atoms with Crippen LogP contribution in [-0.2, 0) is 13.5 Å². The fourth-order valence-electron chi connectivity index (χ4n) is 4.02. The summed E-state index contributed by atoms with van der Waals surface area (Å²) in [6.45, 7) is 7.78. The third-order valence-corrected chi connectivity index (χ3v) is 5.53. The van der Waals surface area contributed by atoms with Crippen LogP contribution in [-0.4, -0.2) is 57.3 Å². The highest BCUT2D eigenvalue weighted by molar-refractivity contribution is 14.0. The van der Waals surface area contributed by atoms with Gasteiger partial charge < -0.3 is 19.9 Å². The predicted octanol–water partition coefficient (Wildman–Crippen LogP) is 2.76. The molecule has 1 aliphatic heterocycles. The van der Waals surface area contributed by atoms with E-state index in [-0.39, 0.29) is 24.0 Å². The van der Waals surface area contributed by atoms with Crippen molar-refractivity contribution >= 4 is 41.3 Å².